The summed E-state index contributed by atoms with van der Waals surface area (Å²) in [5, 5.41) is 9.47. The summed E-state index contributed by atoms with van der Waals surface area (Å²) in [5.74, 6) is 0. The second kappa shape index (κ2) is 4.19. The molecule has 4 heteroatoms. The third kappa shape index (κ3) is 1.76. The van der Waals surface area contributed by atoms with Crippen molar-refractivity contribution in [2.24, 2.45) is 0 Å². The van der Waals surface area contributed by atoms with Crippen LogP contribution in [0.1, 0.15) is 17.0 Å². The summed E-state index contributed by atoms with van der Waals surface area (Å²) in [7, 11) is 0. The van der Waals surface area contributed by atoms with Crippen molar-refractivity contribution in [3.63, 3.8) is 0 Å². The Morgan fingerprint density at radius 2 is 1.86 bits per heavy atom. The van der Waals surface area contributed by atoms with Gasteiger partial charge in [0.25, 0.3) is 0 Å². The Kier molecular flexibility index (Phi) is 2.42. The van der Waals surface area contributed by atoms with E-state index >= 15 is 0 Å². The monoisotopic (exact) mass is 276 g/mol. The molecular formula is C17H16N4. The predicted octanol–water partition coefficient (Wildman–Crippen LogP) is 3.83. The van der Waals surface area contributed by atoms with Crippen molar-refractivity contribution in [2.75, 3.05) is 0 Å². The van der Waals surface area contributed by atoms with Crippen LogP contribution in [-0.4, -0.2) is 19.7 Å². The van der Waals surface area contributed by atoms with E-state index in [1.54, 1.807) is 0 Å². The number of nitrogens with one attached hydrogen (secondary N) is 1. The minimum absolute atomic E-state index is 1.01. The molecule has 0 saturated carbocycles. The molecule has 0 aliphatic heterocycles. The lowest BCUT2D eigenvalue weighted by Crippen LogP contribution is -1.99. The quantitative estimate of drug-likeness (QED) is 0.574. The first-order chi connectivity index (χ1) is 10.1. The van der Waals surface area contributed by atoms with Crippen LogP contribution in [0.2, 0.25) is 0 Å². The van der Waals surface area contributed by atoms with Crippen molar-refractivity contribution in [1.82, 2.24) is 19.7 Å². The lowest BCUT2D eigenvalue weighted by atomic mass is 10.1. The van der Waals surface area contributed by atoms with E-state index in [-0.39, 0.29) is 0 Å². The standard InChI is InChI=1S/C17H16N4/c1-10-6-15(8-14-9-18-20-16(10)14)21-12(3)7-13-5-4-11(2)19-17(13)21/h4-9H,1-3H3,(H,18,20). The van der Waals surface area contributed by atoms with Crippen molar-refractivity contribution in [3.05, 3.63) is 53.5 Å². The van der Waals surface area contributed by atoms with Gasteiger partial charge >= 0.3 is 0 Å². The van der Waals surface area contributed by atoms with E-state index in [1.807, 2.05) is 13.1 Å². The Morgan fingerprint density at radius 1 is 1.00 bits per heavy atom. The molecular weight excluding hydrogens is 260 g/mol. The molecule has 4 nitrogen and oxygen atoms in total. The van der Waals surface area contributed by atoms with Gasteiger partial charge in [0.2, 0.25) is 0 Å². The molecule has 0 amide bonds. The lowest BCUT2D eigenvalue weighted by molar-refractivity contribution is 1.02. The van der Waals surface area contributed by atoms with E-state index in [0.29, 0.717) is 0 Å². The van der Waals surface area contributed by atoms with Gasteiger partial charge in [-0.15, -0.1) is 0 Å². The second-order valence-electron chi connectivity index (χ2n) is 5.58. The zero-order valence-corrected chi connectivity index (χ0v) is 12.3. The number of aromatic amines is 1. The maximum Gasteiger partial charge on any atom is 0.144 e. The molecule has 0 unspecified atom stereocenters. The summed E-state index contributed by atoms with van der Waals surface area (Å²) < 4.78 is 2.21. The Labute approximate surface area is 122 Å². The first kappa shape index (κ1) is 12.1. The zero-order valence-electron chi connectivity index (χ0n) is 12.3. The molecule has 0 aliphatic rings. The van der Waals surface area contributed by atoms with Crippen molar-refractivity contribution >= 4 is 21.9 Å². The summed E-state index contributed by atoms with van der Waals surface area (Å²) in [6.45, 7) is 6.24. The molecule has 0 radical (unpaired) electrons. The third-order valence-electron chi connectivity index (χ3n) is 3.96. The Bertz CT molecular complexity index is 975. The summed E-state index contributed by atoms with van der Waals surface area (Å²) in [6.07, 6.45) is 1.87. The zero-order chi connectivity index (χ0) is 14.6. The highest BCUT2D eigenvalue weighted by Gasteiger charge is 2.11. The van der Waals surface area contributed by atoms with Crippen LogP contribution in [0.4, 0.5) is 0 Å². The molecule has 0 bridgehead atoms. The maximum atomic E-state index is 4.71. The van der Waals surface area contributed by atoms with E-state index in [1.165, 1.54) is 16.6 Å². The number of fused-ring (bicyclic) bond motifs is 2. The fraction of sp³-hybridized carbons (Fsp3) is 0.176. The van der Waals surface area contributed by atoms with Crippen molar-refractivity contribution in [2.45, 2.75) is 20.8 Å². The number of H-pyrrole nitrogens is 1. The number of aryl methyl sites for hydroxylation is 3. The Morgan fingerprint density at radius 3 is 2.71 bits per heavy atom. The number of hydrogen-bond acceptors (Lipinski definition) is 2. The van der Waals surface area contributed by atoms with Gasteiger partial charge in [-0.2, -0.15) is 5.10 Å². The first-order valence-corrected chi connectivity index (χ1v) is 7.03. The number of aromatic nitrogens is 4. The topological polar surface area (TPSA) is 46.5 Å². The van der Waals surface area contributed by atoms with E-state index in [9.17, 15) is 0 Å². The number of nitrogens with zero attached hydrogens (tertiary/aromatic N) is 3. The summed E-state index contributed by atoms with van der Waals surface area (Å²) in [6, 6.07) is 10.7. The normalized spacial score (nSPS) is 11.6. The molecule has 4 aromatic rings. The molecule has 1 aromatic carbocycles. The Hall–Kier alpha value is -2.62. The number of rotatable bonds is 1. The minimum Gasteiger partial charge on any atom is -0.299 e. The molecule has 4 rings (SSSR count). The highest BCUT2D eigenvalue weighted by atomic mass is 15.1. The maximum absolute atomic E-state index is 4.71. The van der Waals surface area contributed by atoms with Crippen LogP contribution in [0.5, 0.6) is 0 Å². The van der Waals surface area contributed by atoms with Crippen LogP contribution in [0.15, 0.2) is 36.5 Å². The van der Waals surface area contributed by atoms with E-state index < -0.39 is 0 Å². The fourth-order valence-electron chi connectivity index (χ4n) is 2.97. The number of benzene rings is 1. The fourth-order valence-corrected chi connectivity index (χ4v) is 2.97. The van der Waals surface area contributed by atoms with Crippen LogP contribution >= 0.6 is 0 Å². The van der Waals surface area contributed by atoms with E-state index in [2.05, 4.69) is 58.9 Å². The molecule has 1 N–H and O–H groups in total. The van der Waals surface area contributed by atoms with E-state index in [0.717, 1.165) is 27.9 Å². The SMILES string of the molecule is Cc1ccc2cc(C)n(-c3cc(C)c4[nH]ncc4c3)c2n1. The number of hydrogen-bond donors (Lipinski definition) is 1. The first-order valence-electron chi connectivity index (χ1n) is 7.03. The molecule has 0 atom stereocenters. The average molecular weight is 276 g/mol. The van der Waals surface area contributed by atoms with E-state index in [4.69, 9.17) is 4.98 Å². The van der Waals surface area contributed by atoms with Gasteiger partial charge in [0.15, 0.2) is 0 Å². The summed E-state index contributed by atoms with van der Waals surface area (Å²) in [4.78, 5) is 4.71. The lowest BCUT2D eigenvalue weighted by Gasteiger charge is -2.10. The van der Waals surface area contributed by atoms with Gasteiger partial charge in [0.1, 0.15) is 5.65 Å². The Balaban J connectivity index is 2.07. The van der Waals surface area contributed by atoms with Gasteiger partial charge in [-0.3, -0.25) is 9.67 Å². The molecule has 0 spiro atoms. The van der Waals surface area contributed by atoms with Crippen LogP contribution in [0.25, 0.3) is 27.6 Å². The van der Waals surface area contributed by atoms with Crippen molar-refractivity contribution < 1.29 is 0 Å². The second-order valence-corrected chi connectivity index (χ2v) is 5.58. The van der Waals surface area contributed by atoms with Gasteiger partial charge < -0.3 is 0 Å². The van der Waals surface area contributed by atoms with Crippen LogP contribution in [-0.2, 0) is 0 Å². The van der Waals surface area contributed by atoms with Crippen LogP contribution in [0, 0.1) is 20.8 Å². The van der Waals surface area contributed by atoms with Crippen molar-refractivity contribution in [1.29, 1.82) is 0 Å². The minimum atomic E-state index is 1.01. The molecule has 0 aliphatic carbocycles. The molecule has 3 aromatic heterocycles. The smallest absolute Gasteiger partial charge is 0.144 e. The van der Waals surface area contributed by atoms with Gasteiger partial charge in [-0.25, -0.2) is 4.98 Å². The van der Waals surface area contributed by atoms with Crippen molar-refractivity contribution in [3.8, 4) is 5.69 Å². The predicted molar refractivity (Wildman–Crippen MR) is 84.9 cm³/mol. The van der Waals surface area contributed by atoms with Gasteiger partial charge in [-0.05, 0) is 56.7 Å². The highest BCUT2D eigenvalue weighted by Crippen LogP contribution is 2.26. The van der Waals surface area contributed by atoms with Gasteiger partial charge in [0, 0.05) is 27.8 Å². The molecule has 0 saturated heterocycles. The molecule has 21 heavy (non-hydrogen) atoms. The molecule has 0 fully saturated rings. The van der Waals surface area contributed by atoms with Crippen LogP contribution < -0.4 is 0 Å². The largest absolute Gasteiger partial charge is 0.299 e. The summed E-state index contributed by atoms with van der Waals surface area (Å²) >= 11 is 0. The third-order valence-corrected chi connectivity index (χ3v) is 3.96. The van der Waals surface area contributed by atoms with Crippen LogP contribution in [0.3, 0.4) is 0 Å². The summed E-state index contributed by atoms with van der Waals surface area (Å²) in [5.41, 5.74) is 6.64. The van der Waals surface area contributed by atoms with Gasteiger partial charge in [0.05, 0.1) is 11.7 Å². The number of pyridine rings is 1. The highest BCUT2D eigenvalue weighted by molar-refractivity contribution is 5.86. The molecule has 104 valence electrons. The van der Waals surface area contributed by atoms with Gasteiger partial charge in [-0.1, -0.05) is 0 Å². The average Bonchev–Trinajstić information content (AvgIpc) is 3.02. The molecule has 3 heterocycles.